The number of thiophene rings is 2. The highest BCUT2D eigenvalue weighted by Gasteiger charge is 2.39. The van der Waals surface area contributed by atoms with Crippen LogP contribution in [0.2, 0.25) is 0 Å². The molecule has 0 saturated carbocycles. The van der Waals surface area contributed by atoms with Gasteiger partial charge in [0.05, 0.1) is 16.5 Å². The third-order valence-corrected chi connectivity index (χ3v) is 7.78. The summed E-state index contributed by atoms with van der Waals surface area (Å²) in [5, 5.41) is 10.4. The number of anilines is 1. The minimum absolute atomic E-state index is 0.0350. The molecular weight excluding hydrogens is 374 g/mol. The van der Waals surface area contributed by atoms with Crippen molar-refractivity contribution in [2.24, 2.45) is 0 Å². The van der Waals surface area contributed by atoms with E-state index in [2.05, 4.69) is 43.9 Å². The van der Waals surface area contributed by atoms with Gasteiger partial charge in [-0.3, -0.25) is 0 Å². The van der Waals surface area contributed by atoms with Crippen molar-refractivity contribution in [2.45, 2.75) is 26.2 Å². The number of aliphatic hydroxyl groups is 1. The Labute approximate surface area is 161 Å². The fraction of sp³-hybridized carbons (Fsp3) is 0.389. The summed E-state index contributed by atoms with van der Waals surface area (Å²) in [6, 6.07) is 4.63. The fourth-order valence-electron chi connectivity index (χ4n) is 3.03. The molecule has 2 heterocycles. The van der Waals surface area contributed by atoms with E-state index in [-0.39, 0.29) is 12.0 Å². The van der Waals surface area contributed by atoms with Gasteiger partial charge in [-0.05, 0) is 41.2 Å². The molecule has 2 aromatic rings. The topological polar surface area (TPSA) is 23.5 Å². The number of likely N-dealkylation sites (N-methyl/N-ethyl adjacent to an activating group) is 1. The van der Waals surface area contributed by atoms with Crippen LogP contribution in [0.15, 0.2) is 17.0 Å². The highest BCUT2D eigenvalue weighted by molar-refractivity contribution is 8.23. The SMILES string of the molecule is C/C(=C/c1cc2c(s1)-c1sc(N(C)CCO)cc1C2(C)C)SC=S. The summed E-state index contributed by atoms with van der Waals surface area (Å²) < 4.78 is 1.71. The first-order chi connectivity index (χ1) is 11.4. The Hall–Kier alpha value is -0.660. The molecule has 0 fully saturated rings. The lowest BCUT2D eigenvalue weighted by molar-refractivity contribution is 0.304. The highest BCUT2D eigenvalue weighted by Crippen LogP contribution is 2.57. The number of fused-ring (bicyclic) bond motifs is 3. The number of allylic oxidation sites excluding steroid dienone is 1. The molecule has 0 unspecified atom stereocenters. The van der Waals surface area contributed by atoms with E-state index < -0.39 is 0 Å². The second kappa shape index (κ2) is 6.92. The summed E-state index contributed by atoms with van der Waals surface area (Å²) in [5.41, 5.74) is 2.87. The quantitative estimate of drug-likeness (QED) is 0.644. The highest BCUT2D eigenvalue weighted by atomic mass is 32.2. The molecule has 1 aliphatic rings. The van der Waals surface area contributed by atoms with Crippen molar-refractivity contribution in [1.29, 1.82) is 0 Å². The molecule has 2 nitrogen and oxygen atoms in total. The number of aliphatic hydroxyl groups excluding tert-OH is 1. The Kier molecular flexibility index (Phi) is 5.23. The van der Waals surface area contributed by atoms with E-state index in [9.17, 15) is 5.11 Å². The van der Waals surface area contributed by atoms with Gasteiger partial charge in [0.2, 0.25) is 0 Å². The molecule has 0 aromatic carbocycles. The minimum Gasteiger partial charge on any atom is -0.395 e. The van der Waals surface area contributed by atoms with Gasteiger partial charge in [0.25, 0.3) is 0 Å². The predicted octanol–water partition coefficient (Wildman–Crippen LogP) is 5.60. The van der Waals surface area contributed by atoms with Crippen LogP contribution in [0.25, 0.3) is 15.8 Å². The van der Waals surface area contributed by atoms with E-state index >= 15 is 0 Å². The maximum Gasteiger partial charge on any atom is 0.0916 e. The molecule has 24 heavy (non-hydrogen) atoms. The third-order valence-electron chi connectivity index (χ3n) is 4.41. The molecule has 0 aliphatic heterocycles. The Morgan fingerprint density at radius 2 is 1.96 bits per heavy atom. The Balaban J connectivity index is 2.02. The van der Waals surface area contributed by atoms with Gasteiger partial charge in [0.15, 0.2) is 0 Å². The van der Waals surface area contributed by atoms with Crippen molar-refractivity contribution in [3.05, 3.63) is 33.0 Å². The number of nitrogens with zero attached hydrogens (tertiary/aromatic N) is 1. The van der Waals surface area contributed by atoms with Gasteiger partial charge in [-0.1, -0.05) is 37.8 Å². The number of thioether (sulfide) groups is 1. The zero-order valence-corrected chi connectivity index (χ0v) is 17.5. The molecule has 0 spiro atoms. The van der Waals surface area contributed by atoms with Crippen LogP contribution in [-0.2, 0) is 5.41 Å². The molecule has 1 aliphatic carbocycles. The number of hydrogen-bond acceptors (Lipinski definition) is 6. The molecule has 2 aromatic heterocycles. The summed E-state index contributed by atoms with van der Waals surface area (Å²) in [7, 11) is 2.04. The van der Waals surface area contributed by atoms with E-state index in [4.69, 9.17) is 12.2 Å². The van der Waals surface area contributed by atoms with Gasteiger partial charge in [-0.15, -0.1) is 22.7 Å². The maximum atomic E-state index is 9.18. The van der Waals surface area contributed by atoms with Crippen LogP contribution in [-0.4, -0.2) is 30.0 Å². The van der Waals surface area contributed by atoms with Crippen molar-refractivity contribution < 1.29 is 5.11 Å². The molecule has 6 heteroatoms. The molecule has 0 bridgehead atoms. The van der Waals surface area contributed by atoms with Gasteiger partial charge < -0.3 is 10.0 Å². The van der Waals surface area contributed by atoms with Crippen LogP contribution in [0.5, 0.6) is 0 Å². The lowest BCUT2D eigenvalue weighted by Crippen LogP contribution is -2.20. The predicted molar refractivity (Wildman–Crippen MR) is 115 cm³/mol. The first kappa shape index (κ1) is 18.1. The van der Waals surface area contributed by atoms with Crippen molar-refractivity contribution >= 4 is 62.4 Å². The smallest absolute Gasteiger partial charge is 0.0916 e. The van der Waals surface area contributed by atoms with Crippen molar-refractivity contribution in [2.75, 3.05) is 25.1 Å². The summed E-state index contributed by atoms with van der Waals surface area (Å²) >= 11 is 10.2. The molecular formula is C18H21NOS4. The molecule has 0 saturated heterocycles. The van der Waals surface area contributed by atoms with E-state index in [1.54, 1.807) is 16.5 Å². The first-order valence-corrected chi connectivity index (χ1v) is 10.8. The van der Waals surface area contributed by atoms with Gasteiger partial charge in [0.1, 0.15) is 0 Å². The van der Waals surface area contributed by atoms with Crippen molar-refractivity contribution in [3.63, 3.8) is 0 Å². The molecule has 1 N–H and O–H groups in total. The van der Waals surface area contributed by atoms with Crippen LogP contribution in [0.1, 0.15) is 36.8 Å². The first-order valence-electron chi connectivity index (χ1n) is 7.78. The minimum atomic E-state index is 0.0350. The second-order valence-corrected chi connectivity index (χ2v) is 10.2. The van der Waals surface area contributed by atoms with E-state index in [0.717, 1.165) is 0 Å². The summed E-state index contributed by atoms with van der Waals surface area (Å²) in [4.78, 5) is 7.43. The lowest BCUT2D eigenvalue weighted by Gasteiger charge is -2.20. The Morgan fingerprint density at radius 1 is 1.29 bits per heavy atom. The van der Waals surface area contributed by atoms with Crippen LogP contribution < -0.4 is 4.90 Å². The molecule has 0 radical (unpaired) electrons. The number of hydrogen-bond donors (Lipinski definition) is 1. The normalized spacial score (nSPS) is 15.3. The van der Waals surface area contributed by atoms with Crippen LogP contribution >= 0.6 is 46.7 Å². The van der Waals surface area contributed by atoms with E-state index in [1.807, 2.05) is 29.7 Å². The average molecular weight is 396 g/mol. The zero-order valence-electron chi connectivity index (χ0n) is 14.3. The Bertz CT molecular complexity index is 800. The summed E-state index contributed by atoms with van der Waals surface area (Å²) in [6.45, 7) is 7.55. The second-order valence-electron chi connectivity index (χ2n) is 6.46. The largest absolute Gasteiger partial charge is 0.395 e. The molecule has 0 atom stereocenters. The molecule has 3 rings (SSSR count). The maximum absolute atomic E-state index is 9.18. The monoisotopic (exact) mass is 395 g/mol. The molecule has 128 valence electrons. The van der Waals surface area contributed by atoms with E-state index in [1.165, 1.54) is 35.7 Å². The average Bonchev–Trinajstić information content (AvgIpc) is 3.15. The number of thiocarbonyl (C=S) groups is 1. The van der Waals surface area contributed by atoms with Crippen LogP contribution in [0.4, 0.5) is 5.00 Å². The zero-order chi connectivity index (χ0) is 17.5. The summed E-state index contributed by atoms with van der Waals surface area (Å²) in [5.74, 6) is 0. The van der Waals surface area contributed by atoms with Crippen molar-refractivity contribution in [1.82, 2.24) is 0 Å². The molecule has 0 amide bonds. The van der Waals surface area contributed by atoms with Crippen molar-refractivity contribution in [3.8, 4) is 9.75 Å². The van der Waals surface area contributed by atoms with Crippen LogP contribution in [0.3, 0.4) is 0 Å². The fourth-order valence-corrected chi connectivity index (χ4v) is 6.69. The number of rotatable bonds is 6. The lowest BCUT2D eigenvalue weighted by atomic mass is 9.84. The summed E-state index contributed by atoms with van der Waals surface area (Å²) in [6.07, 6.45) is 2.22. The Morgan fingerprint density at radius 3 is 2.62 bits per heavy atom. The van der Waals surface area contributed by atoms with Gasteiger partial charge in [-0.25, -0.2) is 0 Å². The van der Waals surface area contributed by atoms with Gasteiger partial charge >= 0.3 is 0 Å². The van der Waals surface area contributed by atoms with Gasteiger partial charge in [0, 0.05) is 33.5 Å². The third kappa shape index (κ3) is 3.10. The standard InChI is InChI=1S/C18H21NOS4/c1-11(22-10-21)7-12-8-13-16(23-12)17-14(18(13,2)3)9-15(24-17)19(4)5-6-20/h7-10,20H,5-6H2,1-4H3/b11-7-. The van der Waals surface area contributed by atoms with Crippen LogP contribution in [0, 0.1) is 0 Å². The van der Waals surface area contributed by atoms with E-state index in [0.29, 0.717) is 6.54 Å². The van der Waals surface area contributed by atoms with Gasteiger partial charge in [-0.2, -0.15) is 0 Å².